The van der Waals surface area contributed by atoms with Crippen LogP contribution in [0.15, 0.2) is 47.5 Å². The molecular weight excluding hydrogens is 453 g/mol. The van der Waals surface area contributed by atoms with Gasteiger partial charge in [-0.05, 0) is 24.3 Å². The van der Waals surface area contributed by atoms with Crippen LogP contribution in [0, 0.1) is 5.41 Å². The fourth-order valence-electron chi connectivity index (χ4n) is 4.06. The molecular formula is C21H28IN3O2. The van der Waals surface area contributed by atoms with E-state index in [-0.39, 0.29) is 24.0 Å². The smallest absolute Gasteiger partial charge is 0.193 e. The van der Waals surface area contributed by atoms with Crippen molar-refractivity contribution in [1.29, 1.82) is 0 Å². The van der Waals surface area contributed by atoms with Crippen molar-refractivity contribution in [2.75, 3.05) is 46.5 Å². The number of ether oxygens (including phenoxy) is 2. The Morgan fingerprint density at radius 2 is 2.07 bits per heavy atom. The lowest BCUT2D eigenvalue weighted by Gasteiger charge is -2.25. The van der Waals surface area contributed by atoms with Crippen LogP contribution in [0.5, 0.6) is 5.75 Å². The summed E-state index contributed by atoms with van der Waals surface area (Å²) in [6.07, 6.45) is 2.37. The van der Waals surface area contributed by atoms with Crippen molar-refractivity contribution in [3.05, 3.63) is 42.5 Å². The topological polar surface area (TPSA) is 46.1 Å². The lowest BCUT2D eigenvalue weighted by atomic mass is 9.87. The Labute approximate surface area is 178 Å². The van der Waals surface area contributed by atoms with Crippen LogP contribution in [0.4, 0.5) is 0 Å². The number of rotatable bonds is 4. The van der Waals surface area contributed by atoms with Gasteiger partial charge in [0, 0.05) is 37.5 Å². The summed E-state index contributed by atoms with van der Waals surface area (Å²) in [5.74, 6) is 1.90. The van der Waals surface area contributed by atoms with E-state index < -0.39 is 0 Å². The van der Waals surface area contributed by atoms with E-state index in [2.05, 4.69) is 39.5 Å². The number of guanidine groups is 1. The number of likely N-dealkylation sites (tertiary alicyclic amines) is 1. The fourth-order valence-corrected chi connectivity index (χ4v) is 4.06. The first-order valence-corrected chi connectivity index (χ1v) is 9.44. The number of hydrogen-bond acceptors (Lipinski definition) is 3. The van der Waals surface area contributed by atoms with Gasteiger partial charge in [0.05, 0.1) is 13.2 Å². The number of benzene rings is 2. The SMILES string of the molecule is CN=C(NCCOc1cccc2ccccc12)N1CCC2(CCOC2)C1.I. The summed E-state index contributed by atoms with van der Waals surface area (Å²) < 4.78 is 11.6. The van der Waals surface area contributed by atoms with Crippen molar-refractivity contribution < 1.29 is 9.47 Å². The normalized spacial score (nSPS) is 22.3. The molecule has 1 N–H and O–H groups in total. The maximum Gasteiger partial charge on any atom is 0.193 e. The van der Waals surface area contributed by atoms with Gasteiger partial charge < -0.3 is 19.7 Å². The van der Waals surface area contributed by atoms with Gasteiger partial charge in [0.25, 0.3) is 0 Å². The average Bonchev–Trinajstić information content (AvgIpc) is 3.32. The number of nitrogens with one attached hydrogen (secondary N) is 1. The van der Waals surface area contributed by atoms with E-state index in [1.165, 1.54) is 18.2 Å². The first-order chi connectivity index (χ1) is 12.8. The van der Waals surface area contributed by atoms with Crippen LogP contribution in [0.3, 0.4) is 0 Å². The van der Waals surface area contributed by atoms with E-state index in [4.69, 9.17) is 9.47 Å². The maximum absolute atomic E-state index is 6.01. The molecule has 146 valence electrons. The van der Waals surface area contributed by atoms with Crippen molar-refractivity contribution in [1.82, 2.24) is 10.2 Å². The Kier molecular flexibility index (Phi) is 6.81. The molecule has 2 fully saturated rings. The zero-order chi connectivity index (χ0) is 17.8. The van der Waals surface area contributed by atoms with Crippen LogP contribution in [-0.2, 0) is 4.74 Å². The molecule has 6 heteroatoms. The minimum Gasteiger partial charge on any atom is -0.491 e. The monoisotopic (exact) mass is 481 g/mol. The molecule has 1 atom stereocenters. The predicted octanol–water partition coefficient (Wildman–Crippen LogP) is 3.52. The Balaban J connectivity index is 0.00000210. The lowest BCUT2D eigenvalue weighted by Crippen LogP contribution is -2.42. The highest BCUT2D eigenvalue weighted by atomic mass is 127. The molecule has 2 aliphatic rings. The van der Waals surface area contributed by atoms with Gasteiger partial charge in [0.2, 0.25) is 0 Å². The van der Waals surface area contributed by atoms with Crippen LogP contribution in [0.2, 0.25) is 0 Å². The highest BCUT2D eigenvalue weighted by Crippen LogP contribution is 2.38. The number of hydrogen-bond donors (Lipinski definition) is 1. The third kappa shape index (κ3) is 4.48. The van der Waals surface area contributed by atoms with Crippen LogP contribution < -0.4 is 10.1 Å². The molecule has 5 nitrogen and oxygen atoms in total. The second kappa shape index (κ2) is 9.10. The summed E-state index contributed by atoms with van der Waals surface area (Å²) in [7, 11) is 1.85. The molecule has 0 bridgehead atoms. The molecule has 0 saturated carbocycles. The molecule has 1 spiro atoms. The zero-order valence-electron chi connectivity index (χ0n) is 15.8. The quantitative estimate of drug-likeness (QED) is 0.314. The third-order valence-corrected chi connectivity index (χ3v) is 5.53. The third-order valence-electron chi connectivity index (χ3n) is 5.53. The fraction of sp³-hybridized carbons (Fsp3) is 0.476. The summed E-state index contributed by atoms with van der Waals surface area (Å²) >= 11 is 0. The van der Waals surface area contributed by atoms with Crippen LogP contribution >= 0.6 is 24.0 Å². The van der Waals surface area contributed by atoms with E-state index in [0.717, 1.165) is 49.9 Å². The van der Waals surface area contributed by atoms with Gasteiger partial charge in [-0.25, -0.2) is 0 Å². The van der Waals surface area contributed by atoms with E-state index in [1.54, 1.807) is 0 Å². The van der Waals surface area contributed by atoms with Gasteiger partial charge in [0.15, 0.2) is 5.96 Å². The molecule has 0 aliphatic carbocycles. The highest BCUT2D eigenvalue weighted by Gasteiger charge is 2.42. The summed E-state index contributed by atoms with van der Waals surface area (Å²) in [6, 6.07) is 14.5. The van der Waals surface area contributed by atoms with E-state index in [9.17, 15) is 0 Å². The van der Waals surface area contributed by atoms with Crippen LogP contribution in [0.25, 0.3) is 10.8 Å². The molecule has 4 rings (SSSR count). The average molecular weight is 481 g/mol. The van der Waals surface area contributed by atoms with Gasteiger partial charge in [-0.15, -0.1) is 24.0 Å². The number of aliphatic imine (C=N–C) groups is 1. The van der Waals surface area contributed by atoms with Crippen LogP contribution in [-0.4, -0.2) is 57.4 Å². The standard InChI is InChI=1S/C21H27N3O2.HI/c1-22-20(24-12-9-21(15-24)10-13-25-16-21)23-11-14-26-19-8-4-6-17-5-2-3-7-18(17)19;/h2-8H,9-16H2,1H3,(H,22,23);1H. The predicted molar refractivity (Wildman–Crippen MR) is 120 cm³/mol. The Hall–Kier alpha value is -1.54. The van der Waals surface area contributed by atoms with E-state index >= 15 is 0 Å². The minimum absolute atomic E-state index is 0. The van der Waals surface area contributed by atoms with Gasteiger partial charge in [0.1, 0.15) is 12.4 Å². The summed E-state index contributed by atoms with van der Waals surface area (Å²) in [4.78, 5) is 6.81. The number of halogens is 1. The van der Waals surface area contributed by atoms with Crippen molar-refractivity contribution >= 4 is 40.7 Å². The molecule has 2 aromatic carbocycles. The largest absolute Gasteiger partial charge is 0.491 e. The molecule has 1 unspecified atom stereocenters. The number of fused-ring (bicyclic) bond motifs is 1. The van der Waals surface area contributed by atoms with E-state index in [1.807, 2.05) is 25.2 Å². The van der Waals surface area contributed by atoms with Crippen molar-refractivity contribution in [2.24, 2.45) is 10.4 Å². The number of nitrogens with zero attached hydrogens (tertiary/aromatic N) is 2. The summed E-state index contributed by atoms with van der Waals surface area (Å²) in [5.41, 5.74) is 0.344. The highest BCUT2D eigenvalue weighted by molar-refractivity contribution is 14.0. The molecule has 0 radical (unpaired) electrons. The van der Waals surface area contributed by atoms with Gasteiger partial charge in [-0.2, -0.15) is 0 Å². The lowest BCUT2D eigenvalue weighted by molar-refractivity contribution is 0.156. The molecule has 0 amide bonds. The minimum atomic E-state index is 0. The van der Waals surface area contributed by atoms with Gasteiger partial charge in [-0.1, -0.05) is 36.4 Å². The van der Waals surface area contributed by atoms with Crippen molar-refractivity contribution in [2.45, 2.75) is 12.8 Å². The molecule has 2 aliphatic heterocycles. The first kappa shape index (κ1) is 20.2. The Morgan fingerprint density at radius 1 is 1.22 bits per heavy atom. The molecule has 0 aromatic heterocycles. The zero-order valence-corrected chi connectivity index (χ0v) is 18.1. The first-order valence-electron chi connectivity index (χ1n) is 9.44. The molecule has 2 heterocycles. The van der Waals surface area contributed by atoms with Gasteiger partial charge in [-0.3, -0.25) is 4.99 Å². The second-order valence-corrected chi connectivity index (χ2v) is 7.27. The Morgan fingerprint density at radius 3 is 2.89 bits per heavy atom. The van der Waals surface area contributed by atoms with E-state index in [0.29, 0.717) is 12.0 Å². The van der Waals surface area contributed by atoms with Crippen LogP contribution in [0.1, 0.15) is 12.8 Å². The second-order valence-electron chi connectivity index (χ2n) is 7.27. The molecule has 27 heavy (non-hydrogen) atoms. The summed E-state index contributed by atoms with van der Waals surface area (Å²) in [5, 5.41) is 5.80. The molecule has 2 aromatic rings. The van der Waals surface area contributed by atoms with Gasteiger partial charge >= 0.3 is 0 Å². The van der Waals surface area contributed by atoms with Crippen molar-refractivity contribution in [3.63, 3.8) is 0 Å². The Bertz CT molecular complexity index is 785. The maximum atomic E-state index is 6.01. The molecule has 2 saturated heterocycles. The van der Waals surface area contributed by atoms with Crippen molar-refractivity contribution in [3.8, 4) is 5.75 Å². The summed E-state index contributed by atoms with van der Waals surface area (Å²) in [6.45, 7) is 5.22.